The van der Waals surface area contributed by atoms with Crippen molar-refractivity contribution in [1.82, 2.24) is 0 Å². The van der Waals surface area contributed by atoms with Crippen LogP contribution in [0.2, 0.25) is 0 Å². The molecule has 0 aromatic carbocycles. The highest BCUT2D eigenvalue weighted by molar-refractivity contribution is 5.39. The Balaban J connectivity index is 1.65. The number of hydrogen-bond acceptors (Lipinski definition) is 3. The number of allylic oxidation sites excluding steroid dienone is 3. The maximum absolute atomic E-state index is 10.9. The van der Waals surface area contributed by atoms with Crippen molar-refractivity contribution in [3.8, 4) is 0 Å². The number of aliphatic hydroxyl groups is 3. The standard InChI is InChI=1S/C33H56O3/c1-7-8-9-10-15-27-30(34)22-26(24(3)31(27)35)17-16-25-14-12-21-33(6)28(18-19-29(25)33)23(2)13-11-20-32(4,5)36/h16-17,23,27-31,34-36H,3,7-15,18-22H2,1-2,4-6H3/b25-16?,26-17-/t23-,27-,28-,29?,30-,31+,33-/m1/s1. The van der Waals surface area contributed by atoms with Crippen LogP contribution < -0.4 is 0 Å². The van der Waals surface area contributed by atoms with Gasteiger partial charge in [-0.15, -0.1) is 0 Å². The first-order chi connectivity index (χ1) is 17.0. The summed E-state index contributed by atoms with van der Waals surface area (Å²) in [7, 11) is 0. The van der Waals surface area contributed by atoms with Gasteiger partial charge in [-0.1, -0.05) is 83.6 Å². The molecule has 3 aliphatic rings. The van der Waals surface area contributed by atoms with Crippen LogP contribution in [0.4, 0.5) is 0 Å². The normalized spacial score (nSPS) is 36.4. The Morgan fingerprint density at radius 1 is 1.11 bits per heavy atom. The lowest BCUT2D eigenvalue weighted by Crippen LogP contribution is -2.38. The summed E-state index contributed by atoms with van der Waals surface area (Å²) in [5, 5.41) is 31.9. The van der Waals surface area contributed by atoms with Gasteiger partial charge in [0, 0.05) is 5.92 Å². The van der Waals surface area contributed by atoms with Gasteiger partial charge in [-0.25, -0.2) is 0 Å². The lowest BCUT2D eigenvalue weighted by Gasteiger charge is -2.44. The van der Waals surface area contributed by atoms with Gasteiger partial charge in [-0.3, -0.25) is 0 Å². The molecule has 3 saturated carbocycles. The number of hydrogen-bond donors (Lipinski definition) is 3. The van der Waals surface area contributed by atoms with Crippen LogP contribution in [0.1, 0.15) is 125 Å². The monoisotopic (exact) mass is 500 g/mol. The van der Waals surface area contributed by atoms with Gasteiger partial charge in [0.25, 0.3) is 0 Å². The molecule has 7 atom stereocenters. The summed E-state index contributed by atoms with van der Waals surface area (Å²) < 4.78 is 0. The Labute approximate surface area is 222 Å². The highest BCUT2D eigenvalue weighted by Gasteiger charge is 2.50. The molecular weight excluding hydrogens is 444 g/mol. The summed E-state index contributed by atoms with van der Waals surface area (Å²) in [5.74, 6) is 2.01. The van der Waals surface area contributed by atoms with E-state index in [4.69, 9.17) is 0 Å². The Kier molecular flexibility index (Phi) is 10.5. The second-order valence-corrected chi connectivity index (χ2v) is 13.5. The highest BCUT2D eigenvalue weighted by Crippen LogP contribution is 2.60. The zero-order valence-corrected chi connectivity index (χ0v) is 24.1. The van der Waals surface area contributed by atoms with E-state index in [9.17, 15) is 15.3 Å². The third-order valence-corrected chi connectivity index (χ3v) is 10.2. The van der Waals surface area contributed by atoms with Gasteiger partial charge in [0.05, 0.1) is 17.8 Å². The van der Waals surface area contributed by atoms with Gasteiger partial charge < -0.3 is 15.3 Å². The van der Waals surface area contributed by atoms with Crippen LogP contribution >= 0.6 is 0 Å². The van der Waals surface area contributed by atoms with E-state index >= 15 is 0 Å². The second-order valence-electron chi connectivity index (χ2n) is 13.5. The molecule has 0 heterocycles. The molecule has 3 N–H and O–H groups in total. The van der Waals surface area contributed by atoms with Crippen LogP contribution in [0.5, 0.6) is 0 Å². The van der Waals surface area contributed by atoms with Gasteiger partial charge in [0.2, 0.25) is 0 Å². The fraction of sp³-hybridized carbons (Fsp3) is 0.818. The molecule has 0 aromatic heterocycles. The molecule has 0 aliphatic heterocycles. The van der Waals surface area contributed by atoms with Gasteiger partial charge >= 0.3 is 0 Å². The van der Waals surface area contributed by atoms with Crippen LogP contribution in [-0.2, 0) is 0 Å². The fourth-order valence-corrected chi connectivity index (χ4v) is 7.98. The highest BCUT2D eigenvalue weighted by atomic mass is 16.3. The molecule has 3 heteroatoms. The van der Waals surface area contributed by atoms with Crippen molar-refractivity contribution in [3.05, 3.63) is 35.5 Å². The van der Waals surface area contributed by atoms with Crippen molar-refractivity contribution in [2.24, 2.45) is 29.1 Å². The largest absolute Gasteiger partial charge is 0.392 e. The number of fused-ring (bicyclic) bond motifs is 1. The second kappa shape index (κ2) is 12.8. The van der Waals surface area contributed by atoms with Crippen LogP contribution in [0, 0.1) is 29.1 Å². The lowest BCUT2D eigenvalue weighted by molar-refractivity contribution is 0.0129. The predicted octanol–water partition coefficient (Wildman–Crippen LogP) is 7.90. The van der Waals surface area contributed by atoms with Crippen molar-refractivity contribution in [2.45, 2.75) is 142 Å². The summed E-state index contributed by atoms with van der Waals surface area (Å²) in [6, 6.07) is 0. The molecule has 36 heavy (non-hydrogen) atoms. The molecule has 0 spiro atoms. The predicted molar refractivity (Wildman–Crippen MR) is 152 cm³/mol. The molecule has 0 amide bonds. The van der Waals surface area contributed by atoms with E-state index in [2.05, 4.69) is 39.5 Å². The first kappa shape index (κ1) is 29.7. The van der Waals surface area contributed by atoms with Gasteiger partial charge in [0.15, 0.2) is 0 Å². The van der Waals surface area contributed by atoms with Gasteiger partial charge in [-0.05, 0) is 99.5 Å². The zero-order chi connectivity index (χ0) is 26.5. The number of unbranched alkanes of at least 4 members (excludes halogenated alkanes) is 3. The first-order valence-corrected chi connectivity index (χ1v) is 15.1. The van der Waals surface area contributed by atoms with Crippen LogP contribution in [0.3, 0.4) is 0 Å². The molecule has 0 radical (unpaired) electrons. The molecule has 0 saturated heterocycles. The third kappa shape index (κ3) is 7.14. The van der Waals surface area contributed by atoms with E-state index in [1.54, 1.807) is 5.57 Å². The average molecular weight is 501 g/mol. The molecule has 0 aromatic rings. The van der Waals surface area contributed by atoms with E-state index in [1.165, 1.54) is 57.8 Å². The van der Waals surface area contributed by atoms with E-state index in [-0.39, 0.29) is 5.92 Å². The van der Waals surface area contributed by atoms with Crippen molar-refractivity contribution in [2.75, 3.05) is 0 Å². The zero-order valence-electron chi connectivity index (χ0n) is 24.1. The van der Waals surface area contributed by atoms with Gasteiger partial charge in [0.1, 0.15) is 0 Å². The Morgan fingerprint density at radius 2 is 1.86 bits per heavy atom. The first-order valence-electron chi connectivity index (χ1n) is 15.1. The summed E-state index contributed by atoms with van der Waals surface area (Å²) in [6.07, 6.45) is 19.1. The fourth-order valence-electron chi connectivity index (χ4n) is 7.98. The van der Waals surface area contributed by atoms with Gasteiger partial charge in [-0.2, -0.15) is 0 Å². The summed E-state index contributed by atoms with van der Waals surface area (Å²) in [5.41, 5.74) is 3.23. The molecule has 3 rings (SSSR count). The molecule has 1 unspecified atom stereocenters. The van der Waals surface area contributed by atoms with Crippen LogP contribution in [0.25, 0.3) is 0 Å². The molecule has 3 aliphatic carbocycles. The molecule has 206 valence electrons. The smallest absolute Gasteiger partial charge is 0.0839 e. The van der Waals surface area contributed by atoms with E-state index in [1.807, 2.05) is 13.8 Å². The van der Waals surface area contributed by atoms with E-state index in [0.717, 1.165) is 42.7 Å². The van der Waals surface area contributed by atoms with Crippen molar-refractivity contribution >= 4 is 0 Å². The Hall–Kier alpha value is -0.900. The van der Waals surface area contributed by atoms with Crippen molar-refractivity contribution in [1.29, 1.82) is 0 Å². The van der Waals surface area contributed by atoms with E-state index < -0.39 is 17.8 Å². The third-order valence-electron chi connectivity index (χ3n) is 10.2. The summed E-state index contributed by atoms with van der Waals surface area (Å²) >= 11 is 0. The minimum atomic E-state index is -0.628. The molecular formula is C33H56O3. The van der Waals surface area contributed by atoms with Crippen LogP contribution in [-0.4, -0.2) is 33.1 Å². The number of rotatable bonds is 11. The SMILES string of the molecule is C=C1/C(=C\C=C2CCC[C@@]3(C)C2CC[C@@H]3[C@H](C)CCCC(C)(C)O)C[C@@H](O)[C@@H](CCCCCC)[C@H]1O. The molecule has 3 fully saturated rings. The molecule has 0 bridgehead atoms. The van der Waals surface area contributed by atoms with Crippen molar-refractivity contribution in [3.63, 3.8) is 0 Å². The minimum Gasteiger partial charge on any atom is -0.392 e. The van der Waals surface area contributed by atoms with Crippen LogP contribution in [0.15, 0.2) is 35.5 Å². The Bertz CT molecular complexity index is 787. The molecule has 3 nitrogen and oxygen atoms in total. The number of aliphatic hydroxyl groups excluding tert-OH is 2. The maximum atomic E-state index is 10.9. The minimum absolute atomic E-state index is 0.0781. The summed E-state index contributed by atoms with van der Waals surface area (Å²) in [4.78, 5) is 0. The Morgan fingerprint density at radius 3 is 2.56 bits per heavy atom. The summed E-state index contributed by atoms with van der Waals surface area (Å²) in [6.45, 7) is 15.3. The van der Waals surface area contributed by atoms with Crippen molar-refractivity contribution < 1.29 is 15.3 Å². The maximum Gasteiger partial charge on any atom is 0.0839 e. The topological polar surface area (TPSA) is 60.7 Å². The van der Waals surface area contributed by atoms with E-state index in [0.29, 0.717) is 23.7 Å². The quantitative estimate of drug-likeness (QED) is 0.253. The lowest BCUT2D eigenvalue weighted by atomic mass is 9.60. The average Bonchev–Trinajstić information content (AvgIpc) is 3.16.